The minimum absolute atomic E-state index is 0.145. The lowest BCUT2D eigenvalue weighted by Gasteiger charge is -2.50. The van der Waals surface area contributed by atoms with Crippen molar-refractivity contribution in [2.45, 2.75) is 26.3 Å². The zero-order chi connectivity index (χ0) is 26.9. The summed E-state index contributed by atoms with van der Waals surface area (Å²) in [5.74, 6) is -0.693. The Balaban J connectivity index is 1.57. The van der Waals surface area contributed by atoms with Crippen LogP contribution in [0.2, 0.25) is 10.0 Å². The maximum Gasteiger partial charge on any atom is 0.255 e. The Morgan fingerprint density at radius 1 is 0.973 bits per heavy atom. The molecule has 1 saturated heterocycles. The van der Waals surface area contributed by atoms with Crippen molar-refractivity contribution < 1.29 is 14.4 Å². The molecule has 2 aromatic carbocycles. The Morgan fingerprint density at radius 2 is 1.62 bits per heavy atom. The van der Waals surface area contributed by atoms with E-state index in [1.165, 1.54) is 13.0 Å². The molecule has 2 amide bonds. The van der Waals surface area contributed by atoms with Gasteiger partial charge >= 0.3 is 0 Å². The van der Waals surface area contributed by atoms with Crippen molar-refractivity contribution in [3.63, 3.8) is 0 Å². The van der Waals surface area contributed by atoms with E-state index in [2.05, 4.69) is 26.2 Å². The van der Waals surface area contributed by atoms with Crippen LogP contribution in [-0.4, -0.2) is 40.6 Å². The smallest absolute Gasteiger partial charge is 0.255 e. The molecule has 0 radical (unpaired) electrons. The average Bonchev–Trinajstić information content (AvgIpc) is 2.82. The van der Waals surface area contributed by atoms with E-state index in [0.717, 1.165) is 15.6 Å². The van der Waals surface area contributed by atoms with Crippen LogP contribution in [0.3, 0.4) is 0 Å². The molecule has 9 heteroatoms. The van der Waals surface area contributed by atoms with Gasteiger partial charge in [0.1, 0.15) is 5.54 Å². The zero-order valence-corrected chi connectivity index (χ0v) is 23.5. The van der Waals surface area contributed by atoms with Gasteiger partial charge in [0.05, 0.1) is 34.4 Å². The molecular formula is C28H24BrCl2N3O3. The molecule has 1 aromatic heterocycles. The number of Topliss-reactive ketones (excluding diaryl/α,β-unsaturated/α-hetero) is 1. The fraction of sp³-hybridized carbons (Fsp3) is 0.214. The van der Waals surface area contributed by atoms with Crippen molar-refractivity contribution in [1.29, 1.82) is 0 Å². The summed E-state index contributed by atoms with van der Waals surface area (Å²) < 4.78 is 0.905. The molecule has 1 N–H and O–H groups in total. The fourth-order valence-corrected chi connectivity index (χ4v) is 4.96. The van der Waals surface area contributed by atoms with Gasteiger partial charge in [-0.1, -0.05) is 57.3 Å². The summed E-state index contributed by atoms with van der Waals surface area (Å²) in [7, 11) is 0. The van der Waals surface area contributed by atoms with E-state index in [-0.39, 0.29) is 30.7 Å². The molecule has 0 unspecified atom stereocenters. The van der Waals surface area contributed by atoms with Crippen molar-refractivity contribution in [2.75, 3.05) is 13.1 Å². The second-order valence-electron chi connectivity index (χ2n) is 9.06. The van der Waals surface area contributed by atoms with Crippen molar-refractivity contribution in [3.8, 4) is 0 Å². The molecule has 1 aliphatic rings. The molecule has 2 heterocycles. The van der Waals surface area contributed by atoms with Gasteiger partial charge in [0.2, 0.25) is 5.91 Å². The molecule has 4 rings (SSSR count). The van der Waals surface area contributed by atoms with Crippen molar-refractivity contribution in [3.05, 3.63) is 103 Å². The van der Waals surface area contributed by atoms with Crippen LogP contribution in [0.15, 0.2) is 59.1 Å². The van der Waals surface area contributed by atoms with Crippen LogP contribution in [0.25, 0.3) is 6.08 Å². The zero-order valence-electron chi connectivity index (χ0n) is 20.4. The highest BCUT2D eigenvalue weighted by Gasteiger charge is 2.48. The Hall–Kier alpha value is -3.00. The number of rotatable bonds is 6. The third kappa shape index (κ3) is 5.79. The van der Waals surface area contributed by atoms with Gasteiger partial charge < -0.3 is 10.2 Å². The predicted octanol–water partition coefficient (Wildman–Crippen LogP) is 6.15. The molecule has 0 spiro atoms. The molecule has 0 saturated carbocycles. The van der Waals surface area contributed by atoms with Gasteiger partial charge in [0, 0.05) is 21.8 Å². The Kier molecular flexibility index (Phi) is 7.88. The number of likely N-dealkylation sites (tertiary alicyclic amines) is 1. The van der Waals surface area contributed by atoms with Gasteiger partial charge in [0.15, 0.2) is 5.78 Å². The molecule has 0 atom stereocenters. The monoisotopic (exact) mass is 599 g/mol. The fourth-order valence-electron chi connectivity index (χ4n) is 4.39. The van der Waals surface area contributed by atoms with E-state index < -0.39 is 5.54 Å². The summed E-state index contributed by atoms with van der Waals surface area (Å²) >= 11 is 15.5. The number of hydrogen-bond donors (Lipinski definition) is 1. The number of nitrogens with zero attached hydrogens (tertiary/aromatic N) is 2. The van der Waals surface area contributed by atoms with Crippen molar-refractivity contribution >= 4 is 62.8 Å². The van der Waals surface area contributed by atoms with Gasteiger partial charge in [-0.05, 0) is 68.3 Å². The summed E-state index contributed by atoms with van der Waals surface area (Å²) in [6, 6.07) is 14.3. The summed E-state index contributed by atoms with van der Waals surface area (Å²) in [5, 5.41) is 3.92. The highest BCUT2D eigenvalue weighted by molar-refractivity contribution is 9.10. The molecular weight excluding hydrogens is 577 g/mol. The first-order valence-corrected chi connectivity index (χ1v) is 13.0. The summed E-state index contributed by atoms with van der Waals surface area (Å²) in [4.78, 5) is 44.4. The van der Waals surface area contributed by atoms with Crippen molar-refractivity contribution in [2.24, 2.45) is 0 Å². The highest BCUT2D eigenvalue weighted by atomic mass is 79.9. The standard InChI is InChI=1S/C28H24BrCl2N3O3/c1-16-22(18(3)35)13-23(17(2)32-16)27(37)34-14-28(15-34,20-6-8-21(29)9-7-20)33-26(36)11-5-19-4-10-24(30)25(31)12-19/h4-13H,14-15H2,1-3H3,(H,33,36)/b11-5+. The normalized spacial score (nSPS) is 14.4. The quantitative estimate of drug-likeness (QED) is 0.272. The van der Waals surface area contributed by atoms with Crippen LogP contribution >= 0.6 is 39.1 Å². The van der Waals surface area contributed by atoms with Crippen LogP contribution in [-0.2, 0) is 10.3 Å². The summed E-state index contributed by atoms with van der Waals surface area (Å²) in [5.41, 5.74) is 2.79. The lowest BCUT2D eigenvalue weighted by molar-refractivity contribution is -0.120. The first-order chi connectivity index (χ1) is 17.5. The molecule has 0 bridgehead atoms. The number of hydrogen-bond acceptors (Lipinski definition) is 4. The molecule has 1 fully saturated rings. The number of nitrogens with one attached hydrogen (secondary N) is 1. The van der Waals surface area contributed by atoms with E-state index in [1.807, 2.05) is 24.3 Å². The van der Waals surface area contributed by atoms with Crippen LogP contribution < -0.4 is 5.32 Å². The number of aryl methyl sites for hydroxylation is 2. The highest BCUT2D eigenvalue weighted by Crippen LogP contribution is 2.34. The second-order valence-corrected chi connectivity index (χ2v) is 10.8. The molecule has 3 aromatic rings. The number of amides is 2. The number of ketones is 1. The SMILES string of the molecule is CC(=O)c1cc(C(=O)N2CC(NC(=O)/C=C/c3ccc(Cl)c(Cl)c3)(c3ccc(Br)cc3)C2)c(C)nc1C. The number of halogens is 3. The van der Waals surface area contributed by atoms with E-state index in [0.29, 0.717) is 32.6 Å². The first-order valence-electron chi connectivity index (χ1n) is 11.5. The topological polar surface area (TPSA) is 79.4 Å². The first kappa shape index (κ1) is 27.0. The third-order valence-electron chi connectivity index (χ3n) is 6.35. The summed E-state index contributed by atoms with van der Waals surface area (Å²) in [6.07, 6.45) is 3.08. The Morgan fingerprint density at radius 3 is 2.24 bits per heavy atom. The minimum atomic E-state index is -0.773. The van der Waals surface area contributed by atoms with E-state index in [1.54, 1.807) is 49.1 Å². The molecule has 6 nitrogen and oxygen atoms in total. The van der Waals surface area contributed by atoms with Gasteiger partial charge in [-0.15, -0.1) is 0 Å². The average molecular weight is 601 g/mol. The number of pyridine rings is 1. The van der Waals surface area contributed by atoms with Crippen LogP contribution in [0.1, 0.15) is 50.2 Å². The van der Waals surface area contributed by atoms with Crippen LogP contribution in [0.5, 0.6) is 0 Å². The van der Waals surface area contributed by atoms with E-state index in [9.17, 15) is 14.4 Å². The number of carbonyl (C=O) groups excluding carboxylic acids is 3. The molecule has 37 heavy (non-hydrogen) atoms. The number of carbonyl (C=O) groups is 3. The Labute approximate surface area is 233 Å². The van der Waals surface area contributed by atoms with Crippen LogP contribution in [0.4, 0.5) is 0 Å². The van der Waals surface area contributed by atoms with Gasteiger partial charge in [-0.2, -0.15) is 0 Å². The lowest BCUT2D eigenvalue weighted by Crippen LogP contribution is -2.68. The molecule has 1 aliphatic heterocycles. The van der Waals surface area contributed by atoms with E-state index in [4.69, 9.17) is 23.2 Å². The number of aromatic nitrogens is 1. The summed E-state index contributed by atoms with van der Waals surface area (Å²) in [6.45, 7) is 5.49. The number of benzene rings is 2. The van der Waals surface area contributed by atoms with E-state index >= 15 is 0 Å². The Bertz CT molecular complexity index is 1430. The molecule has 190 valence electrons. The van der Waals surface area contributed by atoms with Crippen molar-refractivity contribution in [1.82, 2.24) is 15.2 Å². The third-order valence-corrected chi connectivity index (χ3v) is 7.62. The lowest BCUT2D eigenvalue weighted by atomic mass is 9.81. The minimum Gasteiger partial charge on any atom is -0.339 e. The maximum absolute atomic E-state index is 13.4. The molecule has 0 aliphatic carbocycles. The van der Waals surface area contributed by atoms with Crippen LogP contribution in [0, 0.1) is 13.8 Å². The van der Waals surface area contributed by atoms with Gasteiger partial charge in [0.25, 0.3) is 5.91 Å². The second kappa shape index (κ2) is 10.8. The van der Waals surface area contributed by atoms with Gasteiger partial charge in [-0.3, -0.25) is 19.4 Å². The maximum atomic E-state index is 13.4. The van der Waals surface area contributed by atoms with Gasteiger partial charge in [-0.25, -0.2) is 0 Å². The predicted molar refractivity (Wildman–Crippen MR) is 149 cm³/mol. The largest absolute Gasteiger partial charge is 0.339 e.